The quantitative estimate of drug-likeness (QED) is 0.918. The van der Waals surface area contributed by atoms with Gasteiger partial charge in [-0.25, -0.2) is 0 Å². The minimum absolute atomic E-state index is 0.0492. The largest absolute Gasteiger partial charge is 0.387 e. The average molecular weight is 257 g/mol. The molecule has 0 aliphatic rings. The Morgan fingerprint density at radius 1 is 1.16 bits per heavy atom. The van der Waals surface area contributed by atoms with E-state index in [1.165, 1.54) is 0 Å². The Kier molecular flexibility index (Phi) is 3.86. The lowest BCUT2D eigenvalue weighted by Crippen LogP contribution is -2.24. The fourth-order valence-electron chi connectivity index (χ4n) is 2.20. The van der Waals surface area contributed by atoms with Gasteiger partial charge >= 0.3 is 0 Å². The van der Waals surface area contributed by atoms with Gasteiger partial charge in [0.25, 0.3) is 5.56 Å². The summed E-state index contributed by atoms with van der Waals surface area (Å²) in [6.45, 7) is 6.03. The van der Waals surface area contributed by atoms with Crippen molar-refractivity contribution < 1.29 is 5.11 Å². The second kappa shape index (κ2) is 5.41. The molecule has 1 heterocycles. The van der Waals surface area contributed by atoms with Crippen LogP contribution in [0.15, 0.2) is 41.3 Å². The Morgan fingerprint density at radius 2 is 1.89 bits per heavy atom. The summed E-state index contributed by atoms with van der Waals surface area (Å²) in [5, 5.41) is 10.3. The summed E-state index contributed by atoms with van der Waals surface area (Å²) in [6, 6.07) is 9.59. The molecule has 2 rings (SSSR count). The highest BCUT2D eigenvalue weighted by molar-refractivity contribution is 5.32. The molecule has 0 aliphatic heterocycles. The van der Waals surface area contributed by atoms with Crippen LogP contribution in [0.1, 0.15) is 28.4 Å². The van der Waals surface area contributed by atoms with Crippen molar-refractivity contribution in [1.29, 1.82) is 0 Å². The molecule has 0 amide bonds. The molecule has 0 aliphatic carbocycles. The highest BCUT2D eigenvalue weighted by Gasteiger charge is 2.12. The lowest BCUT2D eigenvalue weighted by Gasteiger charge is -2.16. The Morgan fingerprint density at radius 3 is 2.63 bits per heavy atom. The third kappa shape index (κ3) is 2.93. The zero-order valence-corrected chi connectivity index (χ0v) is 11.6. The van der Waals surface area contributed by atoms with E-state index in [0.717, 1.165) is 16.7 Å². The van der Waals surface area contributed by atoms with E-state index >= 15 is 0 Å². The number of benzene rings is 1. The molecule has 0 bridgehead atoms. The number of aliphatic hydroxyl groups is 1. The molecule has 1 unspecified atom stereocenters. The van der Waals surface area contributed by atoms with Gasteiger partial charge in [-0.1, -0.05) is 29.8 Å². The van der Waals surface area contributed by atoms with Gasteiger partial charge in [-0.3, -0.25) is 4.79 Å². The van der Waals surface area contributed by atoms with Gasteiger partial charge in [0.2, 0.25) is 0 Å². The molecule has 2 aromatic rings. The summed E-state index contributed by atoms with van der Waals surface area (Å²) < 4.78 is 1.56. The third-order valence-corrected chi connectivity index (χ3v) is 3.37. The molecular weight excluding hydrogens is 238 g/mol. The molecule has 0 saturated heterocycles. The molecule has 1 aromatic heterocycles. The molecule has 1 N–H and O–H groups in total. The smallest absolute Gasteiger partial charge is 0.253 e. The van der Waals surface area contributed by atoms with Crippen LogP contribution in [0.2, 0.25) is 0 Å². The van der Waals surface area contributed by atoms with Gasteiger partial charge in [0, 0.05) is 11.8 Å². The van der Waals surface area contributed by atoms with Crippen LogP contribution in [-0.4, -0.2) is 9.67 Å². The molecule has 0 spiro atoms. The third-order valence-electron chi connectivity index (χ3n) is 3.37. The van der Waals surface area contributed by atoms with Crippen molar-refractivity contribution in [2.24, 2.45) is 0 Å². The van der Waals surface area contributed by atoms with Crippen molar-refractivity contribution in [2.45, 2.75) is 33.4 Å². The minimum atomic E-state index is -0.667. The maximum atomic E-state index is 11.9. The van der Waals surface area contributed by atoms with Crippen molar-refractivity contribution >= 4 is 0 Å². The summed E-state index contributed by atoms with van der Waals surface area (Å²) in [4.78, 5) is 11.9. The maximum absolute atomic E-state index is 11.9. The first-order valence-electron chi connectivity index (χ1n) is 6.40. The molecule has 0 saturated carbocycles. The van der Waals surface area contributed by atoms with Crippen molar-refractivity contribution in [3.05, 3.63) is 69.1 Å². The number of rotatable bonds is 3. The van der Waals surface area contributed by atoms with Crippen LogP contribution in [0, 0.1) is 20.8 Å². The molecule has 1 aromatic carbocycles. The normalized spacial score (nSPS) is 12.4. The van der Waals surface area contributed by atoms with Crippen molar-refractivity contribution in [3.63, 3.8) is 0 Å². The monoisotopic (exact) mass is 257 g/mol. The van der Waals surface area contributed by atoms with Gasteiger partial charge in [0.05, 0.1) is 12.6 Å². The van der Waals surface area contributed by atoms with E-state index in [4.69, 9.17) is 0 Å². The van der Waals surface area contributed by atoms with E-state index in [0.29, 0.717) is 5.56 Å². The Balaban J connectivity index is 2.30. The van der Waals surface area contributed by atoms with Crippen LogP contribution in [-0.2, 0) is 6.54 Å². The van der Waals surface area contributed by atoms with Gasteiger partial charge < -0.3 is 9.67 Å². The van der Waals surface area contributed by atoms with Crippen molar-refractivity contribution in [1.82, 2.24) is 4.57 Å². The van der Waals surface area contributed by atoms with E-state index in [1.54, 1.807) is 23.8 Å². The van der Waals surface area contributed by atoms with Crippen LogP contribution >= 0.6 is 0 Å². The predicted octanol–water partition coefficient (Wildman–Crippen LogP) is 2.51. The van der Waals surface area contributed by atoms with Crippen LogP contribution in [0.3, 0.4) is 0 Å². The van der Waals surface area contributed by atoms with Gasteiger partial charge in [0.1, 0.15) is 0 Å². The molecule has 3 heteroatoms. The summed E-state index contributed by atoms with van der Waals surface area (Å²) in [5.74, 6) is 0. The van der Waals surface area contributed by atoms with Crippen LogP contribution in [0.25, 0.3) is 0 Å². The Hall–Kier alpha value is -1.87. The summed E-state index contributed by atoms with van der Waals surface area (Å²) in [6.07, 6.45) is 1.04. The number of aliphatic hydroxyl groups excluding tert-OH is 1. The van der Waals surface area contributed by atoms with E-state index in [-0.39, 0.29) is 12.1 Å². The Bertz CT molecular complexity index is 643. The fourth-order valence-corrected chi connectivity index (χ4v) is 2.20. The number of aryl methyl sites for hydroxylation is 3. The molecule has 0 radical (unpaired) electrons. The zero-order valence-electron chi connectivity index (χ0n) is 11.6. The lowest BCUT2D eigenvalue weighted by atomic mass is 10.0. The second-order valence-corrected chi connectivity index (χ2v) is 5.02. The predicted molar refractivity (Wildman–Crippen MR) is 76.3 cm³/mol. The van der Waals surface area contributed by atoms with E-state index < -0.39 is 6.10 Å². The zero-order chi connectivity index (χ0) is 14.0. The summed E-state index contributed by atoms with van der Waals surface area (Å²) in [7, 11) is 0. The van der Waals surface area contributed by atoms with Gasteiger partial charge in [-0.05, 0) is 38.0 Å². The molecule has 1 atom stereocenters. The Labute approximate surface area is 113 Å². The van der Waals surface area contributed by atoms with Crippen LogP contribution < -0.4 is 5.56 Å². The number of hydrogen-bond donors (Lipinski definition) is 1. The van der Waals surface area contributed by atoms with Gasteiger partial charge in [-0.15, -0.1) is 0 Å². The maximum Gasteiger partial charge on any atom is 0.253 e. The molecule has 100 valence electrons. The number of pyridine rings is 1. The number of nitrogens with zero attached hydrogens (tertiary/aromatic N) is 1. The molecule has 0 fully saturated rings. The SMILES string of the molecule is Cc1ccc(C)c(C(O)Cn2cccc(C)c2=O)c1. The number of hydrogen-bond acceptors (Lipinski definition) is 2. The average Bonchev–Trinajstić information content (AvgIpc) is 2.38. The first-order valence-corrected chi connectivity index (χ1v) is 6.40. The minimum Gasteiger partial charge on any atom is -0.387 e. The van der Waals surface area contributed by atoms with Crippen molar-refractivity contribution in [2.75, 3.05) is 0 Å². The van der Waals surface area contributed by atoms with E-state index in [9.17, 15) is 9.90 Å². The highest BCUT2D eigenvalue weighted by atomic mass is 16.3. The summed E-state index contributed by atoms with van der Waals surface area (Å²) >= 11 is 0. The highest BCUT2D eigenvalue weighted by Crippen LogP contribution is 2.20. The molecule has 19 heavy (non-hydrogen) atoms. The molecular formula is C16H19NO2. The van der Waals surface area contributed by atoms with Crippen LogP contribution in [0.4, 0.5) is 0 Å². The van der Waals surface area contributed by atoms with Gasteiger partial charge in [-0.2, -0.15) is 0 Å². The lowest BCUT2D eigenvalue weighted by molar-refractivity contribution is 0.154. The topological polar surface area (TPSA) is 42.2 Å². The number of aromatic nitrogens is 1. The fraction of sp³-hybridized carbons (Fsp3) is 0.312. The van der Waals surface area contributed by atoms with E-state index in [2.05, 4.69) is 0 Å². The molecule has 3 nitrogen and oxygen atoms in total. The first-order chi connectivity index (χ1) is 8.99. The van der Waals surface area contributed by atoms with Crippen LogP contribution in [0.5, 0.6) is 0 Å². The van der Waals surface area contributed by atoms with Gasteiger partial charge in [0.15, 0.2) is 0 Å². The first kappa shape index (κ1) is 13.6. The van der Waals surface area contributed by atoms with E-state index in [1.807, 2.05) is 38.1 Å². The second-order valence-electron chi connectivity index (χ2n) is 5.02. The standard InChI is InChI=1S/C16H19NO2/c1-11-6-7-12(2)14(9-11)15(18)10-17-8-4-5-13(3)16(17)19/h4-9,15,18H,10H2,1-3H3. The van der Waals surface area contributed by atoms with Crippen molar-refractivity contribution in [3.8, 4) is 0 Å². The summed E-state index contributed by atoms with van der Waals surface area (Å²) in [5.41, 5.74) is 3.67.